The number of nitrogens with zero attached hydrogens (tertiary/aromatic N) is 2. The van der Waals surface area contributed by atoms with Crippen molar-refractivity contribution in [1.82, 2.24) is 4.98 Å². The highest BCUT2D eigenvalue weighted by Crippen LogP contribution is 2.30. The van der Waals surface area contributed by atoms with Crippen LogP contribution < -0.4 is 9.62 Å². The molecular formula is C21H18F3N3O3S. The standard InChI is InChI=1S/C21H18F3N3O3S/c1-15-4-10-18(11-5-15)27(31(29,30)19-3-2-12-25-13-19)14-20(28)26-17-8-6-16(7-9-17)21(22,23)24/h2-13H,14H2,1H3,(H,26,28). The number of aryl methyl sites for hydroxylation is 1. The lowest BCUT2D eigenvalue weighted by atomic mass is 10.2. The first-order valence-corrected chi connectivity index (χ1v) is 10.5. The van der Waals surface area contributed by atoms with Crippen molar-refractivity contribution >= 4 is 27.3 Å². The molecule has 3 rings (SSSR count). The normalized spacial score (nSPS) is 11.7. The Labute approximate surface area is 177 Å². The predicted molar refractivity (Wildman–Crippen MR) is 110 cm³/mol. The molecular weight excluding hydrogens is 431 g/mol. The number of benzene rings is 2. The van der Waals surface area contributed by atoms with E-state index in [0.29, 0.717) is 0 Å². The molecule has 0 atom stereocenters. The molecule has 1 aromatic heterocycles. The van der Waals surface area contributed by atoms with E-state index in [1.165, 1.54) is 24.5 Å². The third-order valence-corrected chi connectivity index (χ3v) is 6.08. The van der Waals surface area contributed by atoms with Crippen LogP contribution in [0.4, 0.5) is 24.5 Å². The number of pyridine rings is 1. The first-order chi connectivity index (χ1) is 14.6. The molecule has 0 fully saturated rings. The molecule has 0 spiro atoms. The van der Waals surface area contributed by atoms with Gasteiger partial charge in [-0.2, -0.15) is 13.2 Å². The van der Waals surface area contributed by atoms with Gasteiger partial charge in [-0.1, -0.05) is 17.7 Å². The molecule has 0 aliphatic heterocycles. The Kier molecular flexibility index (Phi) is 6.30. The monoisotopic (exact) mass is 449 g/mol. The maximum absolute atomic E-state index is 13.1. The number of amides is 1. The van der Waals surface area contributed by atoms with Crippen LogP contribution in [0.2, 0.25) is 0 Å². The maximum atomic E-state index is 13.1. The number of halogens is 3. The summed E-state index contributed by atoms with van der Waals surface area (Å²) in [6.07, 6.45) is -1.90. The molecule has 0 aliphatic rings. The molecule has 0 saturated heterocycles. The molecule has 1 N–H and O–H groups in total. The minimum Gasteiger partial charge on any atom is -0.325 e. The Bertz CT molecular complexity index is 1150. The second-order valence-electron chi connectivity index (χ2n) is 6.66. The summed E-state index contributed by atoms with van der Waals surface area (Å²) in [5.41, 5.74) is 0.417. The molecule has 31 heavy (non-hydrogen) atoms. The van der Waals surface area contributed by atoms with Gasteiger partial charge in [0.05, 0.1) is 11.3 Å². The van der Waals surface area contributed by atoms with Crippen LogP contribution in [-0.4, -0.2) is 25.9 Å². The Hall–Kier alpha value is -3.40. The highest BCUT2D eigenvalue weighted by molar-refractivity contribution is 7.92. The molecule has 1 amide bonds. The molecule has 6 nitrogen and oxygen atoms in total. The lowest BCUT2D eigenvalue weighted by Gasteiger charge is -2.24. The van der Waals surface area contributed by atoms with Gasteiger partial charge >= 0.3 is 6.18 Å². The summed E-state index contributed by atoms with van der Waals surface area (Å²) in [4.78, 5) is 16.3. The van der Waals surface area contributed by atoms with Gasteiger partial charge in [-0.05, 0) is 55.5 Å². The summed E-state index contributed by atoms with van der Waals surface area (Å²) in [7, 11) is -4.12. The first-order valence-electron chi connectivity index (χ1n) is 9.04. The number of carbonyl (C=O) groups is 1. The van der Waals surface area contributed by atoms with Crippen molar-refractivity contribution in [3.63, 3.8) is 0 Å². The smallest absolute Gasteiger partial charge is 0.325 e. The van der Waals surface area contributed by atoms with E-state index < -0.39 is 34.2 Å². The summed E-state index contributed by atoms with van der Waals surface area (Å²) in [6, 6.07) is 13.2. The summed E-state index contributed by atoms with van der Waals surface area (Å²) in [5, 5.41) is 2.43. The van der Waals surface area contributed by atoms with Gasteiger partial charge in [-0.25, -0.2) is 8.42 Å². The maximum Gasteiger partial charge on any atom is 0.416 e. The zero-order valence-corrected chi connectivity index (χ0v) is 17.1. The molecule has 0 radical (unpaired) electrons. The van der Waals surface area contributed by atoms with Crippen molar-refractivity contribution in [1.29, 1.82) is 0 Å². The van der Waals surface area contributed by atoms with Gasteiger partial charge in [0.15, 0.2) is 0 Å². The molecule has 0 aliphatic carbocycles. The predicted octanol–water partition coefficient (Wildman–Crippen LogP) is 4.24. The fraction of sp³-hybridized carbons (Fsp3) is 0.143. The van der Waals surface area contributed by atoms with Crippen LogP contribution in [-0.2, 0) is 21.0 Å². The molecule has 2 aromatic carbocycles. The van der Waals surface area contributed by atoms with Gasteiger partial charge in [0.2, 0.25) is 5.91 Å². The molecule has 0 unspecified atom stereocenters. The van der Waals surface area contributed by atoms with Gasteiger partial charge in [0.1, 0.15) is 11.4 Å². The fourth-order valence-corrected chi connectivity index (χ4v) is 4.11. The van der Waals surface area contributed by atoms with Gasteiger partial charge in [-0.3, -0.25) is 14.1 Å². The van der Waals surface area contributed by atoms with Crippen molar-refractivity contribution in [3.8, 4) is 0 Å². The topological polar surface area (TPSA) is 79.4 Å². The van der Waals surface area contributed by atoms with Crippen LogP contribution in [0.5, 0.6) is 0 Å². The lowest BCUT2D eigenvalue weighted by Crippen LogP contribution is -2.38. The fourth-order valence-electron chi connectivity index (χ4n) is 2.73. The van der Waals surface area contributed by atoms with Crippen LogP contribution in [0.3, 0.4) is 0 Å². The zero-order chi connectivity index (χ0) is 22.6. The van der Waals surface area contributed by atoms with Gasteiger partial charge in [-0.15, -0.1) is 0 Å². The first kappa shape index (κ1) is 22.3. The van der Waals surface area contributed by atoms with Crippen LogP contribution in [0, 0.1) is 6.92 Å². The summed E-state index contributed by atoms with van der Waals surface area (Å²) in [6.45, 7) is 1.25. The van der Waals surface area contributed by atoms with E-state index in [4.69, 9.17) is 0 Å². The molecule has 10 heteroatoms. The number of carbonyl (C=O) groups excluding carboxylic acids is 1. The van der Waals surface area contributed by atoms with Crippen molar-refractivity contribution in [3.05, 3.63) is 84.2 Å². The van der Waals surface area contributed by atoms with E-state index >= 15 is 0 Å². The Morgan fingerprint density at radius 2 is 1.68 bits per heavy atom. The van der Waals surface area contributed by atoms with Gasteiger partial charge in [0.25, 0.3) is 10.0 Å². The van der Waals surface area contributed by atoms with Crippen LogP contribution in [0.25, 0.3) is 0 Å². The molecule has 0 saturated carbocycles. The summed E-state index contributed by atoms with van der Waals surface area (Å²) >= 11 is 0. The van der Waals surface area contributed by atoms with Crippen LogP contribution in [0.15, 0.2) is 78.0 Å². The Morgan fingerprint density at radius 1 is 1.03 bits per heavy atom. The number of rotatable bonds is 6. The molecule has 0 bridgehead atoms. The number of anilines is 2. The number of aromatic nitrogens is 1. The number of hydrogen-bond acceptors (Lipinski definition) is 4. The van der Waals surface area contributed by atoms with E-state index in [-0.39, 0.29) is 16.3 Å². The average molecular weight is 449 g/mol. The van der Waals surface area contributed by atoms with Gasteiger partial charge in [0, 0.05) is 18.1 Å². The van der Waals surface area contributed by atoms with Gasteiger partial charge < -0.3 is 5.32 Å². The van der Waals surface area contributed by atoms with E-state index in [1.807, 2.05) is 6.92 Å². The molecule has 1 heterocycles. The van der Waals surface area contributed by atoms with E-state index in [0.717, 1.165) is 34.1 Å². The number of nitrogens with one attached hydrogen (secondary N) is 1. The second-order valence-corrected chi connectivity index (χ2v) is 8.52. The molecule has 162 valence electrons. The third kappa shape index (κ3) is 5.40. The van der Waals surface area contributed by atoms with Crippen LogP contribution >= 0.6 is 0 Å². The van der Waals surface area contributed by atoms with Crippen molar-refractivity contribution in [2.24, 2.45) is 0 Å². The SMILES string of the molecule is Cc1ccc(N(CC(=O)Nc2ccc(C(F)(F)F)cc2)S(=O)(=O)c2cccnc2)cc1. The largest absolute Gasteiger partial charge is 0.416 e. The molecule has 3 aromatic rings. The Balaban J connectivity index is 1.86. The minimum absolute atomic E-state index is 0.0992. The van der Waals surface area contributed by atoms with Crippen molar-refractivity contribution in [2.75, 3.05) is 16.2 Å². The zero-order valence-electron chi connectivity index (χ0n) is 16.3. The van der Waals surface area contributed by atoms with E-state index in [2.05, 4.69) is 10.3 Å². The van der Waals surface area contributed by atoms with Crippen molar-refractivity contribution in [2.45, 2.75) is 18.0 Å². The quantitative estimate of drug-likeness (QED) is 0.611. The highest BCUT2D eigenvalue weighted by atomic mass is 32.2. The van der Waals surface area contributed by atoms with E-state index in [9.17, 15) is 26.4 Å². The highest BCUT2D eigenvalue weighted by Gasteiger charge is 2.30. The average Bonchev–Trinajstić information content (AvgIpc) is 2.73. The number of sulfonamides is 1. The van der Waals surface area contributed by atoms with Crippen molar-refractivity contribution < 1.29 is 26.4 Å². The number of alkyl halides is 3. The van der Waals surface area contributed by atoms with Crippen LogP contribution in [0.1, 0.15) is 11.1 Å². The summed E-state index contributed by atoms with van der Waals surface area (Å²) < 4.78 is 65.3. The number of hydrogen-bond donors (Lipinski definition) is 1. The third-order valence-electron chi connectivity index (χ3n) is 4.33. The summed E-state index contributed by atoms with van der Waals surface area (Å²) in [5.74, 6) is -0.715. The van der Waals surface area contributed by atoms with E-state index in [1.54, 1.807) is 24.3 Å². The minimum atomic E-state index is -4.50. The Morgan fingerprint density at radius 3 is 2.23 bits per heavy atom. The lowest BCUT2D eigenvalue weighted by molar-refractivity contribution is -0.137. The second kappa shape index (κ2) is 8.76.